The Hall–Kier alpha value is -1.04. The van der Waals surface area contributed by atoms with Gasteiger partial charge in [-0.15, -0.1) is 0 Å². The number of hydrogen-bond donors (Lipinski definition) is 0. The number of alkyl halides is 4. The predicted octanol–water partition coefficient (Wildman–Crippen LogP) is 3.68. The molecule has 0 saturated heterocycles. The fourth-order valence-electron chi connectivity index (χ4n) is 1.35. The maximum Gasteiger partial charge on any atom is 0.417 e. The van der Waals surface area contributed by atoms with E-state index in [1.165, 1.54) is 13.2 Å². The maximum atomic E-state index is 12.7. The molecular formula is C11H10BrF3O2. The second-order valence-corrected chi connectivity index (χ2v) is 4.06. The lowest BCUT2D eigenvalue weighted by Crippen LogP contribution is -2.13. The van der Waals surface area contributed by atoms with Crippen LogP contribution in [0.5, 0.6) is 5.75 Å². The van der Waals surface area contributed by atoms with Crippen molar-refractivity contribution in [3.05, 3.63) is 29.3 Å². The fraction of sp³-hybridized carbons (Fsp3) is 0.364. The van der Waals surface area contributed by atoms with Gasteiger partial charge in [0.25, 0.3) is 0 Å². The fourth-order valence-corrected chi connectivity index (χ4v) is 1.71. The Kier molecular flexibility index (Phi) is 4.56. The molecule has 6 heteroatoms. The van der Waals surface area contributed by atoms with E-state index >= 15 is 0 Å². The Morgan fingerprint density at radius 3 is 2.53 bits per heavy atom. The van der Waals surface area contributed by atoms with Crippen LogP contribution in [0.4, 0.5) is 13.2 Å². The van der Waals surface area contributed by atoms with Gasteiger partial charge in [0.2, 0.25) is 0 Å². The van der Waals surface area contributed by atoms with Crippen LogP contribution in [0, 0.1) is 0 Å². The van der Waals surface area contributed by atoms with Gasteiger partial charge in [-0.05, 0) is 18.2 Å². The van der Waals surface area contributed by atoms with E-state index in [1.807, 2.05) is 0 Å². The topological polar surface area (TPSA) is 26.3 Å². The van der Waals surface area contributed by atoms with Gasteiger partial charge in [-0.2, -0.15) is 13.2 Å². The number of halogens is 4. The number of rotatable bonds is 4. The Labute approximate surface area is 105 Å². The molecular weight excluding hydrogens is 301 g/mol. The zero-order valence-electron chi connectivity index (χ0n) is 8.97. The Morgan fingerprint density at radius 2 is 2.06 bits per heavy atom. The van der Waals surface area contributed by atoms with E-state index in [4.69, 9.17) is 4.74 Å². The summed E-state index contributed by atoms with van der Waals surface area (Å²) in [5.41, 5.74) is -1.28. The molecule has 1 aromatic carbocycles. The molecule has 0 heterocycles. The van der Waals surface area contributed by atoms with Gasteiger partial charge in [0, 0.05) is 17.3 Å². The molecule has 0 spiro atoms. The van der Waals surface area contributed by atoms with E-state index in [0.717, 1.165) is 12.1 Å². The summed E-state index contributed by atoms with van der Waals surface area (Å²) < 4.78 is 42.9. The minimum Gasteiger partial charge on any atom is -0.497 e. The van der Waals surface area contributed by atoms with Crippen LogP contribution in [-0.4, -0.2) is 18.2 Å². The van der Waals surface area contributed by atoms with Gasteiger partial charge in [0.1, 0.15) is 5.75 Å². The first-order valence-corrected chi connectivity index (χ1v) is 5.86. The normalized spacial score (nSPS) is 11.4. The summed E-state index contributed by atoms with van der Waals surface area (Å²) in [5.74, 6) is -0.330. The summed E-state index contributed by atoms with van der Waals surface area (Å²) in [6.45, 7) is 0. The number of ether oxygens (including phenoxy) is 1. The number of carbonyl (C=O) groups excluding carboxylic acids is 1. The van der Waals surface area contributed by atoms with Gasteiger partial charge < -0.3 is 4.74 Å². The van der Waals surface area contributed by atoms with Crippen LogP contribution in [-0.2, 0) is 6.18 Å². The Balaban J connectivity index is 3.26. The zero-order chi connectivity index (χ0) is 13.1. The quantitative estimate of drug-likeness (QED) is 0.626. The summed E-state index contributed by atoms with van der Waals surface area (Å²) in [4.78, 5) is 11.6. The Bertz CT molecular complexity index is 416. The molecule has 0 radical (unpaired) electrons. The first kappa shape index (κ1) is 14.0. The highest BCUT2D eigenvalue weighted by Gasteiger charge is 2.35. The minimum absolute atomic E-state index is 0.0102. The van der Waals surface area contributed by atoms with E-state index in [0.29, 0.717) is 5.33 Å². The minimum atomic E-state index is -4.54. The number of ketones is 1. The van der Waals surface area contributed by atoms with Crippen LogP contribution in [0.1, 0.15) is 22.3 Å². The van der Waals surface area contributed by atoms with E-state index in [1.54, 1.807) is 0 Å². The highest BCUT2D eigenvalue weighted by molar-refractivity contribution is 9.09. The third-order valence-electron chi connectivity index (χ3n) is 2.15. The molecule has 0 unspecified atom stereocenters. The van der Waals surface area contributed by atoms with Crippen molar-refractivity contribution in [3.63, 3.8) is 0 Å². The van der Waals surface area contributed by atoms with Crippen LogP contribution < -0.4 is 4.74 Å². The average molecular weight is 311 g/mol. The standard InChI is InChI=1S/C11H10BrF3O2/c1-17-7-2-3-9(11(13,14)15)8(6-7)10(16)4-5-12/h2-3,6H,4-5H2,1H3. The number of methoxy groups -OCH3 is 1. The van der Waals surface area contributed by atoms with Crippen molar-refractivity contribution >= 4 is 21.7 Å². The van der Waals surface area contributed by atoms with Gasteiger partial charge in [0.15, 0.2) is 5.78 Å². The summed E-state index contributed by atoms with van der Waals surface area (Å²) in [6.07, 6.45) is -4.53. The van der Waals surface area contributed by atoms with Crippen molar-refractivity contribution in [1.82, 2.24) is 0 Å². The SMILES string of the molecule is COc1ccc(C(F)(F)F)c(C(=O)CCBr)c1. The molecule has 0 aliphatic carbocycles. The maximum absolute atomic E-state index is 12.7. The molecule has 94 valence electrons. The lowest BCUT2D eigenvalue weighted by Gasteiger charge is -2.13. The molecule has 17 heavy (non-hydrogen) atoms. The molecule has 0 fully saturated rings. The Morgan fingerprint density at radius 1 is 1.41 bits per heavy atom. The molecule has 0 N–H and O–H groups in total. The summed E-state index contributed by atoms with van der Waals surface area (Å²) in [6, 6.07) is 3.17. The predicted molar refractivity (Wildman–Crippen MR) is 60.7 cm³/mol. The van der Waals surface area contributed by atoms with Gasteiger partial charge in [-0.25, -0.2) is 0 Å². The lowest BCUT2D eigenvalue weighted by atomic mass is 10.0. The van der Waals surface area contributed by atoms with Gasteiger partial charge in [0.05, 0.1) is 12.7 Å². The molecule has 0 aliphatic heterocycles. The number of Topliss-reactive ketones (excluding diaryl/α,β-unsaturated/α-hetero) is 1. The summed E-state index contributed by atoms with van der Waals surface area (Å²) in [7, 11) is 1.33. The summed E-state index contributed by atoms with van der Waals surface area (Å²) in [5, 5.41) is 0.320. The van der Waals surface area contributed by atoms with Crippen LogP contribution in [0.15, 0.2) is 18.2 Å². The van der Waals surface area contributed by atoms with Gasteiger partial charge >= 0.3 is 6.18 Å². The highest BCUT2D eigenvalue weighted by atomic mass is 79.9. The van der Waals surface area contributed by atoms with Crippen LogP contribution >= 0.6 is 15.9 Å². The van der Waals surface area contributed by atoms with Crippen molar-refractivity contribution in [2.45, 2.75) is 12.6 Å². The molecule has 1 rings (SSSR count). The average Bonchev–Trinajstić information content (AvgIpc) is 2.27. The van der Waals surface area contributed by atoms with Crippen LogP contribution in [0.2, 0.25) is 0 Å². The third kappa shape index (κ3) is 3.46. The number of benzene rings is 1. The molecule has 0 saturated carbocycles. The number of hydrogen-bond acceptors (Lipinski definition) is 2. The molecule has 0 amide bonds. The summed E-state index contributed by atoms with van der Waals surface area (Å²) >= 11 is 3.02. The zero-order valence-corrected chi connectivity index (χ0v) is 10.6. The molecule has 0 aromatic heterocycles. The lowest BCUT2D eigenvalue weighted by molar-refractivity contribution is -0.137. The molecule has 0 aliphatic rings. The van der Waals surface area contributed by atoms with Gasteiger partial charge in [-0.3, -0.25) is 4.79 Å². The van der Waals surface area contributed by atoms with E-state index in [-0.39, 0.29) is 17.7 Å². The van der Waals surface area contributed by atoms with Crippen molar-refractivity contribution < 1.29 is 22.7 Å². The van der Waals surface area contributed by atoms with Crippen molar-refractivity contribution in [2.75, 3.05) is 12.4 Å². The smallest absolute Gasteiger partial charge is 0.417 e. The molecule has 0 atom stereocenters. The first-order valence-electron chi connectivity index (χ1n) is 4.74. The molecule has 2 nitrogen and oxygen atoms in total. The first-order chi connectivity index (χ1) is 7.90. The largest absolute Gasteiger partial charge is 0.497 e. The van der Waals surface area contributed by atoms with Gasteiger partial charge in [-0.1, -0.05) is 15.9 Å². The highest BCUT2D eigenvalue weighted by Crippen LogP contribution is 2.34. The second kappa shape index (κ2) is 5.53. The van der Waals surface area contributed by atoms with Crippen molar-refractivity contribution in [2.24, 2.45) is 0 Å². The second-order valence-electron chi connectivity index (χ2n) is 3.27. The van der Waals surface area contributed by atoms with Crippen molar-refractivity contribution in [3.8, 4) is 5.75 Å². The van der Waals surface area contributed by atoms with Crippen LogP contribution in [0.25, 0.3) is 0 Å². The molecule has 0 bridgehead atoms. The van der Waals surface area contributed by atoms with Crippen LogP contribution in [0.3, 0.4) is 0 Å². The van der Waals surface area contributed by atoms with Crippen molar-refractivity contribution in [1.29, 1.82) is 0 Å². The monoisotopic (exact) mass is 310 g/mol. The van der Waals surface area contributed by atoms with E-state index in [9.17, 15) is 18.0 Å². The van der Waals surface area contributed by atoms with E-state index in [2.05, 4.69) is 15.9 Å². The third-order valence-corrected chi connectivity index (χ3v) is 2.55. The molecule has 1 aromatic rings. The number of carbonyl (C=O) groups is 1. The van der Waals surface area contributed by atoms with E-state index < -0.39 is 17.5 Å².